The van der Waals surface area contributed by atoms with Crippen molar-refractivity contribution in [1.82, 2.24) is 4.31 Å². The molecule has 6 nitrogen and oxygen atoms in total. The van der Waals surface area contributed by atoms with E-state index in [4.69, 9.17) is 14.9 Å². The molecular weight excluding hydrogens is 292 g/mol. The van der Waals surface area contributed by atoms with Crippen molar-refractivity contribution in [2.24, 2.45) is 11.7 Å². The predicted octanol–water partition coefficient (Wildman–Crippen LogP) is 1.40. The quantitative estimate of drug-likeness (QED) is 0.733. The van der Waals surface area contributed by atoms with Crippen molar-refractivity contribution < 1.29 is 17.6 Å². The average molecular weight is 316 g/mol. The van der Waals surface area contributed by atoms with E-state index in [1.54, 1.807) is 20.9 Å². The Morgan fingerprint density at radius 3 is 2.57 bits per heavy atom. The van der Waals surface area contributed by atoms with Gasteiger partial charge < -0.3 is 14.9 Å². The minimum atomic E-state index is -3.60. The van der Waals surface area contributed by atoms with Crippen LogP contribution in [0.15, 0.2) is 9.31 Å². The number of furan rings is 1. The third-order valence-electron chi connectivity index (χ3n) is 3.80. The molecule has 0 radical (unpaired) electrons. The number of nitrogens with zero attached hydrogens (tertiary/aromatic N) is 1. The summed E-state index contributed by atoms with van der Waals surface area (Å²) in [6.45, 7) is 4.97. The number of ether oxygens (including phenoxy) is 1. The second-order valence-electron chi connectivity index (χ2n) is 5.57. The zero-order valence-corrected chi connectivity index (χ0v) is 13.7. The highest BCUT2D eigenvalue weighted by Gasteiger charge is 2.30. The normalized spacial score (nSPS) is 15.9. The van der Waals surface area contributed by atoms with Crippen LogP contribution in [0.25, 0.3) is 0 Å². The Morgan fingerprint density at radius 1 is 1.33 bits per heavy atom. The lowest BCUT2D eigenvalue weighted by Gasteiger charge is -2.17. The summed E-state index contributed by atoms with van der Waals surface area (Å²) in [4.78, 5) is 0.201. The molecular formula is C14H24N2O4S. The van der Waals surface area contributed by atoms with Gasteiger partial charge in [-0.1, -0.05) is 0 Å². The minimum absolute atomic E-state index is 0.143. The lowest BCUT2D eigenvalue weighted by molar-refractivity contribution is 0.117. The van der Waals surface area contributed by atoms with Gasteiger partial charge in [0.2, 0.25) is 10.0 Å². The van der Waals surface area contributed by atoms with Crippen LogP contribution in [0.1, 0.15) is 29.9 Å². The molecule has 1 aliphatic rings. The summed E-state index contributed by atoms with van der Waals surface area (Å²) in [7, 11) is -2.04. The smallest absolute Gasteiger partial charge is 0.246 e. The summed E-state index contributed by atoms with van der Waals surface area (Å²) < 4.78 is 37.5. The van der Waals surface area contributed by atoms with Gasteiger partial charge in [-0.15, -0.1) is 0 Å². The molecule has 2 rings (SSSR count). The Kier molecular flexibility index (Phi) is 5.08. The molecule has 0 unspecified atom stereocenters. The van der Waals surface area contributed by atoms with E-state index in [0.29, 0.717) is 36.2 Å². The SMILES string of the molecule is Cc1oc(C)c(S(=O)(=O)N(C)CCOCC2CC2)c1CN. The van der Waals surface area contributed by atoms with Crippen molar-refractivity contribution in [2.75, 3.05) is 26.8 Å². The molecule has 21 heavy (non-hydrogen) atoms. The van der Waals surface area contributed by atoms with Gasteiger partial charge in [-0.2, -0.15) is 4.31 Å². The van der Waals surface area contributed by atoms with Crippen molar-refractivity contribution >= 4 is 10.0 Å². The van der Waals surface area contributed by atoms with E-state index in [9.17, 15) is 8.42 Å². The van der Waals surface area contributed by atoms with Crippen molar-refractivity contribution in [1.29, 1.82) is 0 Å². The molecule has 0 aromatic carbocycles. The highest BCUT2D eigenvalue weighted by atomic mass is 32.2. The Morgan fingerprint density at radius 2 is 2.00 bits per heavy atom. The van der Waals surface area contributed by atoms with E-state index in [0.717, 1.165) is 6.61 Å². The molecule has 7 heteroatoms. The number of likely N-dealkylation sites (N-methyl/N-ethyl adjacent to an activating group) is 1. The molecule has 0 atom stereocenters. The summed E-state index contributed by atoms with van der Waals surface area (Å²) in [6, 6.07) is 0. The van der Waals surface area contributed by atoms with Gasteiger partial charge in [0.15, 0.2) is 0 Å². The van der Waals surface area contributed by atoms with E-state index in [1.165, 1.54) is 17.1 Å². The zero-order valence-electron chi connectivity index (χ0n) is 12.9. The summed E-state index contributed by atoms with van der Waals surface area (Å²) in [5.74, 6) is 1.63. The molecule has 0 saturated heterocycles. The Labute approximate surface area is 126 Å². The highest BCUT2D eigenvalue weighted by Crippen LogP contribution is 2.29. The molecule has 1 aliphatic carbocycles. The zero-order chi connectivity index (χ0) is 15.6. The van der Waals surface area contributed by atoms with Crippen LogP contribution in [0, 0.1) is 19.8 Å². The number of sulfonamides is 1. The van der Waals surface area contributed by atoms with Gasteiger partial charge in [0.25, 0.3) is 0 Å². The van der Waals surface area contributed by atoms with Crippen LogP contribution in [-0.2, 0) is 21.3 Å². The fourth-order valence-corrected chi connectivity index (χ4v) is 3.86. The lowest BCUT2D eigenvalue weighted by Crippen LogP contribution is -2.31. The summed E-state index contributed by atoms with van der Waals surface area (Å²) in [6.07, 6.45) is 2.45. The molecule has 120 valence electrons. The van der Waals surface area contributed by atoms with Gasteiger partial charge in [-0.3, -0.25) is 0 Å². The maximum Gasteiger partial charge on any atom is 0.246 e. The maximum atomic E-state index is 12.6. The Hall–Kier alpha value is -0.890. The number of rotatable bonds is 8. The topological polar surface area (TPSA) is 85.8 Å². The van der Waals surface area contributed by atoms with E-state index < -0.39 is 10.0 Å². The average Bonchev–Trinajstić information content (AvgIpc) is 3.18. The highest BCUT2D eigenvalue weighted by molar-refractivity contribution is 7.89. The van der Waals surface area contributed by atoms with Gasteiger partial charge in [-0.05, 0) is 32.6 Å². The maximum absolute atomic E-state index is 12.6. The third kappa shape index (κ3) is 3.66. The molecule has 1 heterocycles. The molecule has 0 bridgehead atoms. The summed E-state index contributed by atoms with van der Waals surface area (Å²) in [5, 5.41) is 0. The third-order valence-corrected chi connectivity index (χ3v) is 5.85. The van der Waals surface area contributed by atoms with Crippen LogP contribution >= 0.6 is 0 Å². The number of hydrogen-bond acceptors (Lipinski definition) is 5. The molecule has 1 saturated carbocycles. The molecule has 1 aromatic heterocycles. The van der Waals surface area contributed by atoms with Gasteiger partial charge in [-0.25, -0.2) is 8.42 Å². The summed E-state index contributed by atoms with van der Waals surface area (Å²) >= 11 is 0. The van der Waals surface area contributed by atoms with Crippen LogP contribution in [0.5, 0.6) is 0 Å². The van der Waals surface area contributed by atoms with Crippen molar-refractivity contribution in [3.8, 4) is 0 Å². The molecule has 0 spiro atoms. The van der Waals surface area contributed by atoms with Gasteiger partial charge in [0.1, 0.15) is 16.4 Å². The first-order valence-electron chi connectivity index (χ1n) is 7.21. The molecule has 1 aromatic rings. The predicted molar refractivity (Wildman–Crippen MR) is 79.4 cm³/mol. The lowest BCUT2D eigenvalue weighted by atomic mass is 10.2. The first-order chi connectivity index (χ1) is 9.87. The summed E-state index contributed by atoms with van der Waals surface area (Å²) in [5.41, 5.74) is 6.21. The van der Waals surface area contributed by atoms with Crippen molar-refractivity contribution in [3.05, 3.63) is 17.1 Å². The monoisotopic (exact) mass is 316 g/mol. The minimum Gasteiger partial charge on any atom is -0.465 e. The van der Waals surface area contributed by atoms with Crippen LogP contribution in [0.2, 0.25) is 0 Å². The van der Waals surface area contributed by atoms with Crippen LogP contribution in [0.4, 0.5) is 0 Å². The fraction of sp³-hybridized carbons (Fsp3) is 0.714. The molecule has 1 fully saturated rings. The standard InChI is InChI=1S/C14H24N2O4S/c1-10-13(8-15)14(11(2)20-10)21(17,18)16(3)6-7-19-9-12-4-5-12/h12H,4-9,15H2,1-3H3. The first kappa shape index (κ1) is 16.5. The Bertz CT molecular complexity index is 590. The van der Waals surface area contributed by atoms with E-state index in [1.807, 2.05) is 0 Å². The molecule has 2 N–H and O–H groups in total. The number of nitrogens with two attached hydrogens (primary N) is 1. The second kappa shape index (κ2) is 6.48. The molecule has 0 aliphatic heterocycles. The van der Waals surface area contributed by atoms with E-state index in [-0.39, 0.29) is 11.4 Å². The Balaban J connectivity index is 2.05. The molecule has 0 amide bonds. The largest absolute Gasteiger partial charge is 0.465 e. The second-order valence-corrected chi connectivity index (χ2v) is 7.55. The van der Waals surface area contributed by atoms with Crippen LogP contribution in [0.3, 0.4) is 0 Å². The number of hydrogen-bond donors (Lipinski definition) is 1. The number of aryl methyl sites for hydroxylation is 2. The van der Waals surface area contributed by atoms with Gasteiger partial charge in [0, 0.05) is 32.3 Å². The van der Waals surface area contributed by atoms with E-state index in [2.05, 4.69) is 0 Å². The van der Waals surface area contributed by atoms with Gasteiger partial charge >= 0.3 is 0 Å². The van der Waals surface area contributed by atoms with Crippen molar-refractivity contribution in [3.63, 3.8) is 0 Å². The fourth-order valence-electron chi connectivity index (χ4n) is 2.29. The first-order valence-corrected chi connectivity index (χ1v) is 8.65. The van der Waals surface area contributed by atoms with Crippen LogP contribution in [-0.4, -0.2) is 39.5 Å². The van der Waals surface area contributed by atoms with Crippen LogP contribution < -0.4 is 5.73 Å². The van der Waals surface area contributed by atoms with E-state index >= 15 is 0 Å². The van der Waals surface area contributed by atoms with Crippen molar-refractivity contribution in [2.45, 2.75) is 38.1 Å². The van der Waals surface area contributed by atoms with Gasteiger partial charge in [0.05, 0.1) is 6.61 Å².